The van der Waals surface area contributed by atoms with Gasteiger partial charge < -0.3 is 10.8 Å². The van der Waals surface area contributed by atoms with Crippen molar-refractivity contribution in [2.45, 2.75) is 0 Å². The summed E-state index contributed by atoms with van der Waals surface area (Å²) in [6, 6.07) is 12.4. The number of hydrogen-bond donors (Lipinski definition) is 2. The van der Waals surface area contributed by atoms with Crippen LogP contribution in [0.1, 0.15) is 10.4 Å². The summed E-state index contributed by atoms with van der Waals surface area (Å²) < 4.78 is 13.9. The normalized spacial score (nSPS) is 10.7. The zero-order valence-electron chi connectivity index (χ0n) is 10.9. The summed E-state index contributed by atoms with van der Waals surface area (Å²) >= 11 is 0. The minimum atomic E-state index is -0.995. The van der Waals surface area contributed by atoms with Gasteiger partial charge in [0.25, 0.3) is 0 Å². The predicted octanol–water partition coefficient (Wildman–Crippen LogP) is 3.32. The number of hydrogen-bond acceptors (Lipinski definition) is 3. The lowest BCUT2D eigenvalue weighted by Crippen LogP contribution is -1.96. The summed E-state index contributed by atoms with van der Waals surface area (Å²) in [5.74, 6) is -1.44. The molecule has 0 spiro atoms. The number of aromatic nitrogens is 1. The number of rotatable bonds is 2. The summed E-state index contributed by atoms with van der Waals surface area (Å²) in [6.45, 7) is 0. The number of aromatic carboxylic acids is 1. The zero-order valence-corrected chi connectivity index (χ0v) is 10.9. The van der Waals surface area contributed by atoms with Crippen LogP contribution in [0.15, 0.2) is 48.5 Å². The summed E-state index contributed by atoms with van der Waals surface area (Å²) in [5.41, 5.74) is 7.50. The second kappa shape index (κ2) is 4.86. The highest BCUT2D eigenvalue weighted by Gasteiger charge is 2.09. The Balaban J connectivity index is 2.13. The van der Waals surface area contributed by atoms with Crippen molar-refractivity contribution in [3.05, 3.63) is 59.9 Å². The van der Waals surface area contributed by atoms with Gasteiger partial charge in [0, 0.05) is 16.6 Å². The Labute approximate surface area is 119 Å². The van der Waals surface area contributed by atoms with Crippen LogP contribution in [0.3, 0.4) is 0 Å². The van der Waals surface area contributed by atoms with Gasteiger partial charge in [-0.1, -0.05) is 6.07 Å². The molecule has 1 aromatic heterocycles. The summed E-state index contributed by atoms with van der Waals surface area (Å²) in [7, 11) is 0. The SMILES string of the molecule is Nc1ccc(-c2ccc3cc(C(=O)O)ccc3n2)c(F)c1. The van der Waals surface area contributed by atoms with Crippen molar-refractivity contribution in [3.8, 4) is 11.3 Å². The molecule has 104 valence electrons. The first-order valence-electron chi connectivity index (χ1n) is 6.24. The Morgan fingerprint density at radius 2 is 1.90 bits per heavy atom. The molecular weight excluding hydrogens is 271 g/mol. The molecule has 3 aromatic rings. The molecule has 3 N–H and O–H groups in total. The quantitative estimate of drug-likeness (QED) is 0.707. The number of nitrogens with zero attached hydrogens (tertiary/aromatic N) is 1. The van der Waals surface area contributed by atoms with E-state index in [4.69, 9.17) is 10.8 Å². The van der Waals surface area contributed by atoms with Crippen LogP contribution >= 0.6 is 0 Å². The molecule has 0 atom stereocenters. The maximum Gasteiger partial charge on any atom is 0.335 e. The van der Waals surface area contributed by atoms with E-state index in [-0.39, 0.29) is 5.56 Å². The fraction of sp³-hybridized carbons (Fsp3) is 0. The fourth-order valence-corrected chi connectivity index (χ4v) is 2.15. The molecule has 21 heavy (non-hydrogen) atoms. The van der Waals surface area contributed by atoms with Crippen LogP contribution in [0.4, 0.5) is 10.1 Å². The number of nitrogens with two attached hydrogens (primary N) is 1. The molecule has 0 amide bonds. The van der Waals surface area contributed by atoms with Gasteiger partial charge in [-0.3, -0.25) is 0 Å². The van der Waals surface area contributed by atoms with Crippen molar-refractivity contribution in [2.24, 2.45) is 0 Å². The Bertz CT molecular complexity index is 862. The second-order valence-electron chi connectivity index (χ2n) is 4.65. The Morgan fingerprint density at radius 1 is 1.10 bits per heavy atom. The van der Waals surface area contributed by atoms with Crippen molar-refractivity contribution in [2.75, 3.05) is 5.73 Å². The van der Waals surface area contributed by atoms with Gasteiger partial charge in [0.15, 0.2) is 0 Å². The van der Waals surface area contributed by atoms with Gasteiger partial charge in [-0.15, -0.1) is 0 Å². The minimum Gasteiger partial charge on any atom is -0.478 e. The molecule has 0 bridgehead atoms. The third-order valence-electron chi connectivity index (χ3n) is 3.21. The minimum absolute atomic E-state index is 0.190. The lowest BCUT2D eigenvalue weighted by Gasteiger charge is -2.06. The van der Waals surface area contributed by atoms with Crippen molar-refractivity contribution >= 4 is 22.6 Å². The summed E-state index contributed by atoms with van der Waals surface area (Å²) in [6.07, 6.45) is 0. The van der Waals surface area contributed by atoms with E-state index in [0.717, 1.165) is 0 Å². The third-order valence-corrected chi connectivity index (χ3v) is 3.21. The van der Waals surface area contributed by atoms with E-state index >= 15 is 0 Å². The number of pyridine rings is 1. The molecule has 1 heterocycles. The molecule has 5 heteroatoms. The lowest BCUT2D eigenvalue weighted by atomic mass is 10.1. The van der Waals surface area contributed by atoms with E-state index < -0.39 is 11.8 Å². The van der Waals surface area contributed by atoms with E-state index in [2.05, 4.69) is 4.98 Å². The summed E-state index contributed by atoms with van der Waals surface area (Å²) in [5, 5.41) is 9.65. The van der Waals surface area contributed by atoms with Crippen LogP contribution in [0, 0.1) is 5.82 Å². The highest BCUT2D eigenvalue weighted by molar-refractivity contribution is 5.93. The van der Waals surface area contributed by atoms with Gasteiger partial charge >= 0.3 is 5.97 Å². The molecule has 0 saturated heterocycles. The van der Waals surface area contributed by atoms with Gasteiger partial charge in [0.1, 0.15) is 5.82 Å². The molecule has 0 fully saturated rings. The Hall–Kier alpha value is -2.95. The van der Waals surface area contributed by atoms with E-state index in [1.165, 1.54) is 18.2 Å². The van der Waals surface area contributed by atoms with Gasteiger partial charge in [0.2, 0.25) is 0 Å². The smallest absolute Gasteiger partial charge is 0.335 e. The standard InChI is InChI=1S/C16H11FN2O2/c17-13-8-11(18)3-4-12(13)15-6-1-9-7-10(16(20)21)2-5-14(9)19-15/h1-8H,18H2,(H,20,21). The monoisotopic (exact) mass is 282 g/mol. The highest BCUT2D eigenvalue weighted by Crippen LogP contribution is 2.25. The Kier molecular flexibility index (Phi) is 3.02. The van der Waals surface area contributed by atoms with Crippen molar-refractivity contribution in [1.29, 1.82) is 0 Å². The number of nitrogen functional groups attached to an aromatic ring is 1. The molecule has 3 rings (SSSR count). The molecule has 0 aliphatic carbocycles. The molecule has 4 nitrogen and oxygen atoms in total. The molecule has 0 aliphatic rings. The molecule has 0 aliphatic heterocycles. The molecule has 2 aromatic carbocycles. The number of carboxylic acid groups (broad SMARTS) is 1. The van der Waals surface area contributed by atoms with Crippen LogP contribution in [0.2, 0.25) is 0 Å². The van der Waals surface area contributed by atoms with Crippen LogP contribution in [0.5, 0.6) is 0 Å². The van der Waals surface area contributed by atoms with Gasteiger partial charge in [0.05, 0.1) is 16.8 Å². The maximum atomic E-state index is 13.9. The van der Waals surface area contributed by atoms with Crippen LogP contribution in [-0.2, 0) is 0 Å². The van der Waals surface area contributed by atoms with Crippen molar-refractivity contribution in [1.82, 2.24) is 4.98 Å². The van der Waals surface area contributed by atoms with Gasteiger partial charge in [-0.2, -0.15) is 0 Å². The number of halogens is 1. The van der Waals surface area contributed by atoms with E-state index in [9.17, 15) is 9.18 Å². The largest absolute Gasteiger partial charge is 0.478 e. The first-order valence-corrected chi connectivity index (χ1v) is 6.24. The topological polar surface area (TPSA) is 76.2 Å². The summed E-state index contributed by atoms with van der Waals surface area (Å²) in [4.78, 5) is 15.3. The van der Waals surface area contributed by atoms with E-state index in [0.29, 0.717) is 27.8 Å². The van der Waals surface area contributed by atoms with Crippen molar-refractivity contribution < 1.29 is 14.3 Å². The molecule has 0 radical (unpaired) electrons. The first-order chi connectivity index (χ1) is 10.0. The fourth-order valence-electron chi connectivity index (χ4n) is 2.15. The maximum absolute atomic E-state index is 13.9. The van der Waals surface area contributed by atoms with Gasteiger partial charge in [-0.05, 0) is 42.5 Å². The number of carbonyl (C=O) groups is 1. The molecular formula is C16H11FN2O2. The lowest BCUT2D eigenvalue weighted by molar-refractivity contribution is 0.0697. The van der Waals surface area contributed by atoms with Crippen LogP contribution in [0.25, 0.3) is 22.2 Å². The zero-order chi connectivity index (χ0) is 15.0. The Morgan fingerprint density at radius 3 is 2.62 bits per heavy atom. The van der Waals surface area contributed by atoms with Crippen molar-refractivity contribution in [3.63, 3.8) is 0 Å². The predicted molar refractivity (Wildman–Crippen MR) is 78.5 cm³/mol. The average Bonchev–Trinajstić information content (AvgIpc) is 2.46. The van der Waals surface area contributed by atoms with Crippen LogP contribution in [-0.4, -0.2) is 16.1 Å². The molecule has 0 unspecified atom stereocenters. The van der Waals surface area contributed by atoms with E-state index in [1.54, 1.807) is 30.3 Å². The highest BCUT2D eigenvalue weighted by atomic mass is 19.1. The number of benzene rings is 2. The second-order valence-corrected chi connectivity index (χ2v) is 4.65. The number of fused-ring (bicyclic) bond motifs is 1. The average molecular weight is 282 g/mol. The first kappa shape index (κ1) is 13.1. The number of carboxylic acids is 1. The number of anilines is 1. The van der Waals surface area contributed by atoms with Gasteiger partial charge in [-0.25, -0.2) is 14.2 Å². The molecule has 0 saturated carbocycles. The van der Waals surface area contributed by atoms with E-state index in [1.807, 2.05) is 0 Å². The van der Waals surface area contributed by atoms with Crippen LogP contribution < -0.4 is 5.73 Å². The third kappa shape index (κ3) is 2.41.